The van der Waals surface area contributed by atoms with Crippen LogP contribution in [0.5, 0.6) is 0 Å². The monoisotopic (exact) mass is 327 g/mol. The predicted molar refractivity (Wildman–Crippen MR) is 78.0 cm³/mol. The summed E-state index contributed by atoms with van der Waals surface area (Å²) in [5.41, 5.74) is 2.03. The van der Waals surface area contributed by atoms with Crippen molar-refractivity contribution in [1.29, 1.82) is 0 Å². The molecule has 0 fully saturated rings. The van der Waals surface area contributed by atoms with Crippen LogP contribution in [0.2, 0.25) is 0 Å². The number of hydrogen-bond acceptors (Lipinski definition) is 5. The van der Waals surface area contributed by atoms with Gasteiger partial charge in [-0.1, -0.05) is 0 Å². The van der Waals surface area contributed by atoms with E-state index in [4.69, 9.17) is 4.74 Å². The quantitative estimate of drug-likeness (QED) is 0.934. The van der Waals surface area contributed by atoms with Crippen molar-refractivity contribution in [2.45, 2.75) is 13.5 Å². The highest BCUT2D eigenvalue weighted by atomic mass is 79.9. The first-order valence-electron chi connectivity index (χ1n) is 5.45. The van der Waals surface area contributed by atoms with E-state index in [0.29, 0.717) is 6.61 Å². The zero-order chi connectivity index (χ0) is 13.1. The largest absolute Gasteiger partial charge is 0.378 e. The standard InChI is InChI=1S/C12H14BrN3OS/c1-7-4-5-18-10(7)12-15-8(6-17-3)9(13)11(14-2)16-12/h4-5H,6H2,1-3H3,(H,14,15,16). The number of rotatable bonds is 4. The van der Waals surface area contributed by atoms with E-state index < -0.39 is 0 Å². The third-order valence-electron chi connectivity index (χ3n) is 2.50. The van der Waals surface area contributed by atoms with Crippen LogP contribution in [-0.2, 0) is 11.3 Å². The Morgan fingerprint density at radius 3 is 2.78 bits per heavy atom. The van der Waals surface area contributed by atoms with E-state index >= 15 is 0 Å². The SMILES string of the molecule is CNc1nc(-c2sccc2C)nc(COC)c1Br. The maximum Gasteiger partial charge on any atom is 0.172 e. The molecule has 2 aromatic heterocycles. The average Bonchev–Trinajstić information content (AvgIpc) is 2.78. The van der Waals surface area contributed by atoms with Gasteiger partial charge in [0, 0.05) is 14.2 Å². The highest BCUT2D eigenvalue weighted by Gasteiger charge is 2.14. The first-order chi connectivity index (χ1) is 8.67. The van der Waals surface area contributed by atoms with Crippen LogP contribution in [0.4, 0.5) is 5.82 Å². The molecule has 2 rings (SSSR count). The van der Waals surface area contributed by atoms with E-state index in [1.54, 1.807) is 18.4 Å². The summed E-state index contributed by atoms with van der Waals surface area (Å²) in [6.07, 6.45) is 0. The van der Waals surface area contributed by atoms with Crippen LogP contribution in [0.15, 0.2) is 15.9 Å². The number of methoxy groups -OCH3 is 1. The van der Waals surface area contributed by atoms with Crippen LogP contribution in [0.3, 0.4) is 0 Å². The zero-order valence-corrected chi connectivity index (χ0v) is 12.9. The van der Waals surface area contributed by atoms with Gasteiger partial charge in [-0.15, -0.1) is 11.3 Å². The molecule has 0 aliphatic carbocycles. The molecule has 0 saturated heterocycles. The number of aromatic nitrogens is 2. The average molecular weight is 328 g/mol. The lowest BCUT2D eigenvalue weighted by Gasteiger charge is -2.10. The van der Waals surface area contributed by atoms with E-state index in [0.717, 1.165) is 26.7 Å². The molecule has 1 N–H and O–H groups in total. The van der Waals surface area contributed by atoms with Gasteiger partial charge in [-0.3, -0.25) is 0 Å². The smallest absolute Gasteiger partial charge is 0.172 e. The fraction of sp³-hybridized carbons (Fsp3) is 0.333. The Kier molecular flexibility index (Phi) is 4.31. The summed E-state index contributed by atoms with van der Waals surface area (Å²) in [4.78, 5) is 10.2. The van der Waals surface area contributed by atoms with Crippen LogP contribution >= 0.6 is 27.3 Å². The lowest BCUT2D eigenvalue weighted by Crippen LogP contribution is -2.04. The van der Waals surface area contributed by atoms with Gasteiger partial charge in [0.05, 0.1) is 21.7 Å². The number of anilines is 1. The van der Waals surface area contributed by atoms with E-state index in [1.165, 1.54) is 5.56 Å². The van der Waals surface area contributed by atoms with Crippen molar-refractivity contribution in [1.82, 2.24) is 9.97 Å². The maximum absolute atomic E-state index is 5.17. The van der Waals surface area contributed by atoms with Crippen molar-refractivity contribution in [3.05, 3.63) is 27.2 Å². The van der Waals surface area contributed by atoms with Crippen LogP contribution in [0.1, 0.15) is 11.3 Å². The van der Waals surface area contributed by atoms with E-state index in [-0.39, 0.29) is 0 Å². The molecule has 0 atom stereocenters. The molecular formula is C12H14BrN3OS. The summed E-state index contributed by atoms with van der Waals surface area (Å²) >= 11 is 5.14. The second-order valence-corrected chi connectivity index (χ2v) is 5.48. The van der Waals surface area contributed by atoms with Gasteiger partial charge in [-0.2, -0.15) is 0 Å². The molecule has 2 aromatic rings. The highest BCUT2D eigenvalue weighted by molar-refractivity contribution is 9.10. The molecule has 0 radical (unpaired) electrons. The van der Waals surface area contributed by atoms with Crippen molar-refractivity contribution in [3.8, 4) is 10.7 Å². The van der Waals surface area contributed by atoms with Crippen molar-refractivity contribution in [2.24, 2.45) is 0 Å². The number of nitrogens with zero attached hydrogens (tertiary/aromatic N) is 2. The topological polar surface area (TPSA) is 47.0 Å². The van der Waals surface area contributed by atoms with Crippen molar-refractivity contribution >= 4 is 33.1 Å². The number of hydrogen-bond donors (Lipinski definition) is 1. The Balaban J connectivity index is 2.55. The summed E-state index contributed by atoms with van der Waals surface area (Å²) in [5, 5.41) is 5.11. The van der Waals surface area contributed by atoms with Crippen LogP contribution in [-0.4, -0.2) is 24.1 Å². The van der Waals surface area contributed by atoms with Crippen LogP contribution < -0.4 is 5.32 Å². The van der Waals surface area contributed by atoms with Gasteiger partial charge in [0.15, 0.2) is 5.82 Å². The Hall–Kier alpha value is -0.980. The van der Waals surface area contributed by atoms with E-state index in [2.05, 4.69) is 44.2 Å². The fourth-order valence-corrected chi connectivity index (χ4v) is 2.94. The summed E-state index contributed by atoms with van der Waals surface area (Å²) in [6, 6.07) is 2.07. The fourth-order valence-electron chi connectivity index (χ4n) is 1.59. The lowest BCUT2D eigenvalue weighted by molar-refractivity contribution is 0.181. The molecule has 0 aromatic carbocycles. The Bertz CT molecular complexity index is 556. The molecule has 2 heterocycles. The zero-order valence-electron chi connectivity index (χ0n) is 10.5. The minimum Gasteiger partial charge on any atom is -0.378 e. The molecule has 6 heteroatoms. The molecule has 18 heavy (non-hydrogen) atoms. The summed E-state index contributed by atoms with van der Waals surface area (Å²) in [7, 11) is 3.50. The number of ether oxygens (including phenoxy) is 1. The molecule has 0 aliphatic heterocycles. The van der Waals surface area contributed by atoms with Crippen molar-refractivity contribution in [2.75, 3.05) is 19.5 Å². The molecule has 0 amide bonds. The molecule has 0 aliphatic rings. The van der Waals surface area contributed by atoms with Crippen LogP contribution in [0.25, 0.3) is 10.7 Å². The first kappa shape index (κ1) is 13.5. The summed E-state index contributed by atoms with van der Waals surface area (Å²) < 4.78 is 6.02. The van der Waals surface area contributed by atoms with Gasteiger partial charge in [0.25, 0.3) is 0 Å². The first-order valence-corrected chi connectivity index (χ1v) is 7.12. The number of halogens is 1. The molecular weight excluding hydrogens is 314 g/mol. The molecule has 0 unspecified atom stereocenters. The molecule has 96 valence electrons. The lowest BCUT2D eigenvalue weighted by atomic mass is 10.2. The molecule has 0 saturated carbocycles. The Morgan fingerprint density at radius 1 is 1.44 bits per heavy atom. The van der Waals surface area contributed by atoms with Gasteiger partial charge < -0.3 is 10.1 Å². The van der Waals surface area contributed by atoms with E-state index in [1.807, 2.05) is 12.4 Å². The molecule has 0 bridgehead atoms. The maximum atomic E-state index is 5.17. The minimum absolute atomic E-state index is 0.454. The third kappa shape index (κ3) is 2.55. The number of thiophene rings is 1. The van der Waals surface area contributed by atoms with Crippen molar-refractivity contribution < 1.29 is 4.74 Å². The van der Waals surface area contributed by atoms with Gasteiger partial charge >= 0.3 is 0 Å². The van der Waals surface area contributed by atoms with Crippen molar-refractivity contribution in [3.63, 3.8) is 0 Å². The van der Waals surface area contributed by atoms with Gasteiger partial charge in [-0.25, -0.2) is 9.97 Å². The van der Waals surface area contributed by atoms with Gasteiger partial charge in [-0.05, 0) is 39.9 Å². The van der Waals surface area contributed by atoms with Crippen LogP contribution in [0, 0.1) is 6.92 Å². The summed E-state index contributed by atoms with van der Waals surface area (Å²) in [5.74, 6) is 1.52. The second kappa shape index (κ2) is 5.77. The minimum atomic E-state index is 0.454. The number of nitrogens with one attached hydrogen (secondary N) is 1. The third-order valence-corrected chi connectivity index (χ3v) is 4.35. The Labute approximate surface area is 119 Å². The molecule has 0 spiro atoms. The van der Waals surface area contributed by atoms with Gasteiger partial charge in [0.2, 0.25) is 0 Å². The summed E-state index contributed by atoms with van der Waals surface area (Å²) in [6.45, 7) is 2.52. The number of aryl methyl sites for hydroxylation is 1. The van der Waals surface area contributed by atoms with Gasteiger partial charge in [0.1, 0.15) is 5.82 Å². The Morgan fingerprint density at radius 2 is 2.22 bits per heavy atom. The highest BCUT2D eigenvalue weighted by Crippen LogP contribution is 2.31. The predicted octanol–water partition coefficient (Wildman–Crippen LogP) is 3.46. The molecule has 4 nitrogen and oxygen atoms in total. The van der Waals surface area contributed by atoms with E-state index in [9.17, 15) is 0 Å². The normalized spacial score (nSPS) is 10.7. The second-order valence-electron chi connectivity index (χ2n) is 3.77.